The van der Waals surface area contributed by atoms with Crippen LogP contribution in [0, 0.1) is 5.92 Å². The Labute approximate surface area is 143 Å². The number of esters is 1. The van der Waals surface area contributed by atoms with Crippen LogP contribution in [0.1, 0.15) is 19.3 Å². The number of carboxylic acid groups (broad SMARTS) is 1. The number of carbonyl (C=O) groups excluding carboxylic acids is 2. The van der Waals surface area contributed by atoms with Gasteiger partial charge in [0.05, 0.1) is 25.2 Å². The summed E-state index contributed by atoms with van der Waals surface area (Å²) in [5, 5.41) is 19.3. The second kappa shape index (κ2) is 8.57. The number of rotatable bonds is 8. The Kier molecular flexibility index (Phi) is 6.21. The minimum absolute atomic E-state index is 0.0489. The molecule has 0 unspecified atom stereocenters. The average molecular weight is 346 g/mol. The van der Waals surface area contributed by atoms with E-state index in [0.717, 1.165) is 5.69 Å². The summed E-state index contributed by atoms with van der Waals surface area (Å²) >= 11 is 0. The number of nitrogens with zero attached hydrogens (tertiary/aromatic N) is 3. The standard InChI is InChI=1S/C16H18N4O5/c1-25-14(21)4-2-3-13(16(23)24)15(22)18-11-5-7-12(8-6-11)20-10-9-17-19-20/h5-10,13H,2-4H2,1H3,(H,18,22)(H,23,24)/t13-/m0/s1. The van der Waals surface area contributed by atoms with E-state index in [1.807, 2.05) is 0 Å². The lowest BCUT2D eigenvalue weighted by molar-refractivity contribution is -0.147. The molecule has 0 saturated carbocycles. The maximum absolute atomic E-state index is 12.2. The topological polar surface area (TPSA) is 123 Å². The van der Waals surface area contributed by atoms with E-state index in [-0.39, 0.29) is 19.3 Å². The van der Waals surface area contributed by atoms with Gasteiger partial charge in [-0.1, -0.05) is 5.21 Å². The van der Waals surface area contributed by atoms with Gasteiger partial charge in [0.15, 0.2) is 0 Å². The molecule has 2 N–H and O–H groups in total. The molecule has 2 rings (SSSR count). The minimum Gasteiger partial charge on any atom is -0.481 e. The Balaban J connectivity index is 1.95. The van der Waals surface area contributed by atoms with Crippen LogP contribution in [-0.4, -0.2) is 45.1 Å². The van der Waals surface area contributed by atoms with Crippen LogP contribution in [0.3, 0.4) is 0 Å². The van der Waals surface area contributed by atoms with Crippen LogP contribution in [0.4, 0.5) is 5.69 Å². The third-order valence-electron chi connectivity index (χ3n) is 3.54. The van der Waals surface area contributed by atoms with Crippen LogP contribution in [0.5, 0.6) is 0 Å². The number of carbonyl (C=O) groups is 3. The maximum Gasteiger partial charge on any atom is 0.316 e. The predicted molar refractivity (Wildman–Crippen MR) is 87.0 cm³/mol. The van der Waals surface area contributed by atoms with Gasteiger partial charge < -0.3 is 15.2 Å². The lowest BCUT2D eigenvalue weighted by Gasteiger charge is -2.13. The maximum atomic E-state index is 12.2. The van der Waals surface area contributed by atoms with Crippen LogP contribution >= 0.6 is 0 Å². The van der Waals surface area contributed by atoms with Gasteiger partial charge in [0.2, 0.25) is 5.91 Å². The highest BCUT2D eigenvalue weighted by molar-refractivity contribution is 6.04. The van der Waals surface area contributed by atoms with Gasteiger partial charge in [-0.25, -0.2) is 4.68 Å². The van der Waals surface area contributed by atoms with Gasteiger partial charge in [-0.2, -0.15) is 0 Å². The fourth-order valence-corrected chi connectivity index (χ4v) is 2.19. The minimum atomic E-state index is -1.24. The number of hydrogen-bond donors (Lipinski definition) is 2. The summed E-state index contributed by atoms with van der Waals surface area (Å²) < 4.78 is 6.05. The quantitative estimate of drug-likeness (QED) is 0.544. The molecular formula is C16H18N4O5. The van der Waals surface area contributed by atoms with E-state index in [1.165, 1.54) is 7.11 Å². The first-order chi connectivity index (χ1) is 12.0. The highest BCUT2D eigenvalue weighted by atomic mass is 16.5. The summed E-state index contributed by atoms with van der Waals surface area (Å²) in [7, 11) is 1.26. The Morgan fingerprint density at radius 3 is 2.56 bits per heavy atom. The third-order valence-corrected chi connectivity index (χ3v) is 3.54. The first kappa shape index (κ1) is 18.1. The van der Waals surface area contributed by atoms with Crippen molar-refractivity contribution in [2.75, 3.05) is 12.4 Å². The van der Waals surface area contributed by atoms with Gasteiger partial charge in [0, 0.05) is 12.1 Å². The summed E-state index contributed by atoms with van der Waals surface area (Å²) in [5.41, 5.74) is 1.22. The Bertz CT molecular complexity index is 727. The Hall–Kier alpha value is -3.23. The van der Waals surface area contributed by atoms with Crippen molar-refractivity contribution in [2.45, 2.75) is 19.3 Å². The van der Waals surface area contributed by atoms with E-state index in [9.17, 15) is 19.5 Å². The first-order valence-corrected chi connectivity index (χ1v) is 7.58. The van der Waals surface area contributed by atoms with Crippen molar-refractivity contribution in [3.05, 3.63) is 36.7 Å². The summed E-state index contributed by atoms with van der Waals surface area (Å²) in [4.78, 5) is 34.5. The molecule has 0 aliphatic rings. The summed E-state index contributed by atoms with van der Waals surface area (Å²) in [6, 6.07) is 6.72. The van der Waals surface area contributed by atoms with Crippen LogP contribution in [0.2, 0.25) is 0 Å². The number of anilines is 1. The van der Waals surface area contributed by atoms with E-state index in [4.69, 9.17) is 0 Å². The van der Waals surface area contributed by atoms with Crippen LogP contribution in [0.15, 0.2) is 36.7 Å². The molecule has 1 amide bonds. The van der Waals surface area contributed by atoms with Crippen LogP contribution in [0.25, 0.3) is 5.69 Å². The molecule has 25 heavy (non-hydrogen) atoms. The molecule has 1 aromatic heterocycles. The molecule has 132 valence electrons. The molecule has 9 nitrogen and oxygen atoms in total. The fourth-order valence-electron chi connectivity index (χ4n) is 2.19. The predicted octanol–water partition coefficient (Wildman–Crippen LogP) is 1.25. The molecule has 2 aromatic rings. The average Bonchev–Trinajstić information content (AvgIpc) is 3.13. The van der Waals surface area contributed by atoms with Crippen molar-refractivity contribution in [1.29, 1.82) is 0 Å². The largest absolute Gasteiger partial charge is 0.481 e. The second-order valence-electron chi connectivity index (χ2n) is 5.24. The third kappa shape index (κ3) is 5.13. The van der Waals surface area contributed by atoms with Crippen molar-refractivity contribution >= 4 is 23.5 Å². The van der Waals surface area contributed by atoms with E-state index < -0.39 is 23.8 Å². The van der Waals surface area contributed by atoms with Gasteiger partial charge in [0.1, 0.15) is 5.92 Å². The van der Waals surface area contributed by atoms with Crippen molar-refractivity contribution in [3.63, 3.8) is 0 Å². The normalized spacial score (nSPS) is 11.6. The molecule has 0 radical (unpaired) electrons. The zero-order chi connectivity index (χ0) is 18.2. The first-order valence-electron chi connectivity index (χ1n) is 7.58. The van der Waals surface area contributed by atoms with Crippen molar-refractivity contribution in [2.24, 2.45) is 5.92 Å². The lowest BCUT2D eigenvalue weighted by atomic mass is 10.0. The molecule has 0 fully saturated rings. The number of ether oxygens (including phenoxy) is 1. The van der Waals surface area contributed by atoms with Crippen molar-refractivity contribution in [1.82, 2.24) is 15.0 Å². The highest BCUT2D eigenvalue weighted by Crippen LogP contribution is 2.16. The van der Waals surface area contributed by atoms with Gasteiger partial charge in [0.25, 0.3) is 0 Å². The van der Waals surface area contributed by atoms with Crippen LogP contribution < -0.4 is 5.32 Å². The molecular weight excluding hydrogens is 328 g/mol. The number of amides is 1. The van der Waals surface area contributed by atoms with Gasteiger partial charge >= 0.3 is 11.9 Å². The Morgan fingerprint density at radius 2 is 2.00 bits per heavy atom. The lowest BCUT2D eigenvalue weighted by Crippen LogP contribution is -2.29. The SMILES string of the molecule is COC(=O)CCC[C@H](C(=O)O)C(=O)Nc1ccc(-n2ccnn2)cc1. The van der Waals surface area contributed by atoms with Gasteiger partial charge in [-0.3, -0.25) is 14.4 Å². The van der Waals surface area contributed by atoms with Gasteiger partial charge in [-0.15, -0.1) is 5.10 Å². The molecule has 9 heteroatoms. The molecule has 1 aromatic carbocycles. The monoisotopic (exact) mass is 346 g/mol. The van der Waals surface area contributed by atoms with E-state index in [0.29, 0.717) is 5.69 Å². The number of aliphatic carboxylic acids is 1. The number of aromatic nitrogens is 3. The number of nitrogens with one attached hydrogen (secondary N) is 1. The van der Waals surface area contributed by atoms with E-state index in [1.54, 1.807) is 41.3 Å². The summed E-state index contributed by atoms with van der Waals surface area (Å²) in [6.07, 6.45) is 3.59. The zero-order valence-electron chi connectivity index (χ0n) is 13.6. The van der Waals surface area contributed by atoms with Crippen LogP contribution in [-0.2, 0) is 19.1 Å². The van der Waals surface area contributed by atoms with E-state index in [2.05, 4.69) is 20.4 Å². The molecule has 0 bridgehead atoms. The van der Waals surface area contributed by atoms with Gasteiger partial charge in [-0.05, 0) is 37.1 Å². The second-order valence-corrected chi connectivity index (χ2v) is 5.24. The number of carboxylic acids is 1. The molecule has 0 saturated heterocycles. The molecule has 0 aliphatic carbocycles. The number of benzene rings is 1. The fraction of sp³-hybridized carbons (Fsp3) is 0.312. The van der Waals surface area contributed by atoms with Crippen molar-refractivity contribution in [3.8, 4) is 5.69 Å². The molecule has 1 atom stereocenters. The molecule has 1 heterocycles. The highest BCUT2D eigenvalue weighted by Gasteiger charge is 2.26. The Morgan fingerprint density at radius 1 is 1.28 bits per heavy atom. The summed E-state index contributed by atoms with van der Waals surface area (Å²) in [5.74, 6) is -3.54. The number of hydrogen-bond acceptors (Lipinski definition) is 6. The summed E-state index contributed by atoms with van der Waals surface area (Å²) in [6.45, 7) is 0. The number of methoxy groups -OCH3 is 1. The molecule has 0 spiro atoms. The smallest absolute Gasteiger partial charge is 0.316 e. The molecule has 0 aliphatic heterocycles. The van der Waals surface area contributed by atoms with Crippen molar-refractivity contribution < 1.29 is 24.2 Å². The zero-order valence-corrected chi connectivity index (χ0v) is 13.6. The van der Waals surface area contributed by atoms with E-state index >= 15 is 0 Å².